The Balaban J connectivity index is 1.89. The smallest absolute Gasteiger partial charge is 0.365 e. The maximum absolute atomic E-state index is 12.8. The van der Waals surface area contributed by atoms with E-state index in [9.17, 15) is 23.3 Å². The van der Waals surface area contributed by atoms with E-state index in [-0.39, 0.29) is 17.3 Å². The first-order valence-corrected chi connectivity index (χ1v) is 7.51. The summed E-state index contributed by atoms with van der Waals surface area (Å²) in [4.78, 5) is 12.2. The van der Waals surface area contributed by atoms with Crippen molar-refractivity contribution in [3.05, 3.63) is 68.2 Å². The number of halogens is 4. The van der Waals surface area contributed by atoms with Crippen LogP contribution in [0.4, 0.5) is 24.5 Å². The van der Waals surface area contributed by atoms with Crippen LogP contribution < -0.4 is 4.90 Å². The minimum absolute atomic E-state index is 0.0836. The third kappa shape index (κ3) is 3.17. The Morgan fingerprint density at radius 1 is 1.25 bits per heavy atom. The van der Waals surface area contributed by atoms with E-state index >= 15 is 0 Å². The van der Waals surface area contributed by atoms with Gasteiger partial charge in [-0.25, -0.2) is 0 Å². The molecule has 0 spiro atoms. The molecule has 126 valence electrons. The number of nitro benzene ring substituents is 1. The van der Waals surface area contributed by atoms with Crippen LogP contribution in [0, 0.1) is 10.1 Å². The molecule has 2 aromatic rings. The number of hydrogen-bond acceptors (Lipinski definition) is 3. The van der Waals surface area contributed by atoms with Crippen molar-refractivity contribution in [2.24, 2.45) is 0 Å². The molecular weight excluding hydrogens is 345 g/mol. The second-order valence-corrected chi connectivity index (χ2v) is 5.97. The van der Waals surface area contributed by atoms with Gasteiger partial charge in [0.15, 0.2) is 0 Å². The van der Waals surface area contributed by atoms with Crippen LogP contribution in [0.1, 0.15) is 16.7 Å². The van der Waals surface area contributed by atoms with Gasteiger partial charge in [0.1, 0.15) is 0 Å². The summed E-state index contributed by atoms with van der Waals surface area (Å²) in [5.41, 5.74) is 1.11. The highest BCUT2D eigenvalue weighted by atomic mass is 35.5. The zero-order chi connectivity index (χ0) is 17.5. The molecule has 1 aliphatic rings. The number of non-ortho nitro benzene ring substituents is 1. The molecule has 0 amide bonds. The summed E-state index contributed by atoms with van der Waals surface area (Å²) in [6.45, 7) is 0.806. The Bertz CT molecular complexity index is 808. The van der Waals surface area contributed by atoms with Crippen LogP contribution in [0.25, 0.3) is 0 Å². The minimum atomic E-state index is -4.39. The quantitative estimate of drug-likeness (QED) is 0.584. The first kappa shape index (κ1) is 16.6. The highest BCUT2D eigenvalue weighted by Gasteiger charge is 2.31. The highest BCUT2D eigenvalue weighted by Crippen LogP contribution is 2.39. The van der Waals surface area contributed by atoms with E-state index in [4.69, 9.17) is 11.6 Å². The van der Waals surface area contributed by atoms with Crippen molar-refractivity contribution in [2.45, 2.75) is 19.1 Å². The Labute approximate surface area is 140 Å². The van der Waals surface area contributed by atoms with Gasteiger partial charge in [0.2, 0.25) is 0 Å². The predicted octanol–water partition coefficient (Wildman–Crippen LogP) is 4.83. The van der Waals surface area contributed by atoms with Gasteiger partial charge < -0.3 is 4.90 Å². The summed E-state index contributed by atoms with van der Waals surface area (Å²) in [5.74, 6) is 0. The molecule has 0 saturated carbocycles. The fourth-order valence-electron chi connectivity index (χ4n) is 2.88. The van der Waals surface area contributed by atoms with Crippen molar-refractivity contribution in [1.29, 1.82) is 0 Å². The second-order valence-electron chi connectivity index (χ2n) is 5.56. The molecule has 0 bridgehead atoms. The molecule has 1 aliphatic heterocycles. The zero-order valence-corrected chi connectivity index (χ0v) is 13.1. The summed E-state index contributed by atoms with van der Waals surface area (Å²) >= 11 is 6.16. The SMILES string of the molecule is O=[N+]([O-])c1cc(Cl)c2c(c1)CCN2Cc1cccc(C(F)(F)F)c1. The average molecular weight is 357 g/mol. The number of benzene rings is 2. The van der Waals surface area contributed by atoms with Crippen LogP contribution in [0.2, 0.25) is 5.02 Å². The van der Waals surface area contributed by atoms with Crippen molar-refractivity contribution in [1.82, 2.24) is 0 Å². The lowest BCUT2D eigenvalue weighted by atomic mass is 10.1. The molecule has 0 radical (unpaired) electrons. The molecule has 2 aromatic carbocycles. The Morgan fingerprint density at radius 2 is 2.00 bits per heavy atom. The van der Waals surface area contributed by atoms with Gasteiger partial charge in [-0.15, -0.1) is 0 Å². The highest BCUT2D eigenvalue weighted by molar-refractivity contribution is 6.33. The zero-order valence-electron chi connectivity index (χ0n) is 12.3. The second kappa shape index (κ2) is 5.98. The van der Waals surface area contributed by atoms with E-state index < -0.39 is 16.7 Å². The van der Waals surface area contributed by atoms with Gasteiger partial charge in [-0.1, -0.05) is 23.7 Å². The van der Waals surface area contributed by atoms with Crippen LogP contribution in [0.5, 0.6) is 0 Å². The largest absolute Gasteiger partial charge is 0.416 e. The molecule has 0 saturated heterocycles. The molecule has 0 N–H and O–H groups in total. The van der Waals surface area contributed by atoms with Gasteiger partial charge in [0.05, 0.1) is 21.2 Å². The van der Waals surface area contributed by atoms with Gasteiger partial charge in [0.25, 0.3) is 5.69 Å². The van der Waals surface area contributed by atoms with Crippen molar-refractivity contribution in [3.63, 3.8) is 0 Å². The standard InChI is InChI=1S/C16H12ClF3N2O2/c17-14-8-13(22(23)24)7-11-4-5-21(15(11)14)9-10-2-1-3-12(6-10)16(18,19)20/h1-3,6-8H,4-5,9H2. The lowest BCUT2D eigenvalue weighted by molar-refractivity contribution is -0.384. The van der Waals surface area contributed by atoms with Gasteiger partial charge in [-0.2, -0.15) is 13.2 Å². The van der Waals surface area contributed by atoms with Gasteiger partial charge in [-0.3, -0.25) is 10.1 Å². The maximum Gasteiger partial charge on any atom is 0.416 e. The summed E-state index contributed by atoms with van der Waals surface area (Å²) < 4.78 is 38.4. The van der Waals surface area contributed by atoms with E-state index in [2.05, 4.69) is 0 Å². The molecule has 24 heavy (non-hydrogen) atoms. The first-order valence-electron chi connectivity index (χ1n) is 7.13. The fourth-order valence-corrected chi connectivity index (χ4v) is 3.23. The molecule has 0 fully saturated rings. The molecule has 0 atom stereocenters. The average Bonchev–Trinajstić information content (AvgIpc) is 2.90. The molecular formula is C16H12ClF3N2O2. The molecule has 0 aromatic heterocycles. The third-order valence-electron chi connectivity index (χ3n) is 3.93. The summed E-state index contributed by atoms with van der Waals surface area (Å²) in [7, 11) is 0. The van der Waals surface area contributed by atoms with Crippen molar-refractivity contribution in [2.75, 3.05) is 11.4 Å². The van der Waals surface area contributed by atoms with E-state index in [1.165, 1.54) is 18.2 Å². The number of rotatable bonds is 3. The molecule has 1 heterocycles. The number of alkyl halides is 3. The summed E-state index contributed by atoms with van der Waals surface area (Å²) in [6, 6.07) is 7.85. The van der Waals surface area contributed by atoms with Crippen LogP contribution >= 0.6 is 11.6 Å². The fraction of sp³-hybridized carbons (Fsp3) is 0.250. The van der Waals surface area contributed by atoms with Crippen LogP contribution in [-0.2, 0) is 19.1 Å². The van der Waals surface area contributed by atoms with E-state index in [1.807, 2.05) is 4.90 Å². The van der Waals surface area contributed by atoms with Crippen molar-refractivity contribution >= 4 is 23.0 Å². The van der Waals surface area contributed by atoms with Crippen molar-refractivity contribution < 1.29 is 18.1 Å². The number of nitrogens with zero attached hydrogens (tertiary/aromatic N) is 2. The summed E-state index contributed by atoms with van der Waals surface area (Å²) in [5, 5.41) is 11.1. The number of hydrogen-bond donors (Lipinski definition) is 0. The minimum Gasteiger partial charge on any atom is -0.365 e. The van der Waals surface area contributed by atoms with Crippen LogP contribution in [-0.4, -0.2) is 11.5 Å². The number of nitro groups is 1. The molecule has 0 unspecified atom stereocenters. The van der Waals surface area contributed by atoms with E-state index in [0.717, 1.165) is 17.7 Å². The normalized spacial score (nSPS) is 13.9. The van der Waals surface area contributed by atoms with Gasteiger partial charge in [0, 0.05) is 25.2 Å². The maximum atomic E-state index is 12.8. The Kier molecular flexibility index (Phi) is 4.13. The Hall–Kier alpha value is -2.28. The van der Waals surface area contributed by atoms with Crippen LogP contribution in [0.15, 0.2) is 36.4 Å². The van der Waals surface area contributed by atoms with E-state index in [1.54, 1.807) is 6.07 Å². The van der Waals surface area contributed by atoms with Crippen molar-refractivity contribution in [3.8, 4) is 0 Å². The lowest BCUT2D eigenvalue weighted by Crippen LogP contribution is -2.20. The number of anilines is 1. The first-order chi connectivity index (χ1) is 11.3. The molecule has 4 nitrogen and oxygen atoms in total. The molecule has 3 rings (SSSR count). The molecule has 8 heteroatoms. The Morgan fingerprint density at radius 3 is 2.67 bits per heavy atom. The van der Waals surface area contributed by atoms with Gasteiger partial charge in [-0.05, 0) is 29.7 Å². The van der Waals surface area contributed by atoms with Crippen LogP contribution in [0.3, 0.4) is 0 Å². The third-order valence-corrected chi connectivity index (χ3v) is 4.22. The monoisotopic (exact) mass is 356 g/mol. The number of fused-ring (bicyclic) bond motifs is 1. The summed E-state index contributed by atoms with van der Waals surface area (Å²) in [6.07, 6.45) is -3.83. The molecule has 0 aliphatic carbocycles. The van der Waals surface area contributed by atoms with E-state index in [0.29, 0.717) is 24.2 Å². The predicted molar refractivity (Wildman–Crippen MR) is 84.3 cm³/mol. The topological polar surface area (TPSA) is 46.4 Å². The lowest BCUT2D eigenvalue weighted by Gasteiger charge is -2.21. The van der Waals surface area contributed by atoms with Gasteiger partial charge >= 0.3 is 6.18 Å².